The first-order valence-corrected chi connectivity index (χ1v) is 12.2. The molecule has 37 heavy (non-hydrogen) atoms. The second-order valence-corrected chi connectivity index (χ2v) is 9.54. The van der Waals surface area contributed by atoms with Crippen LogP contribution in [0.25, 0.3) is 5.57 Å². The highest BCUT2D eigenvalue weighted by Gasteiger charge is 2.22. The number of carboxylic acids is 1. The monoisotopic (exact) mass is 506 g/mol. The highest BCUT2D eigenvalue weighted by molar-refractivity contribution is 5.88. The molecule has 0 saturated heterocycles. The molecule has 0 aliphatic carbocycles. The van der Waals surface area contributed by atoms with Crippen LogP contribution in [0.15, 0.2) is 53.4 Å². The maximum Gasteiger partial charge on any atom is 0.413 e. The van der Waals surface area contributed by atoms with Gasteiger partial charge in [-0.2, -0.15) is 0 Å². The van der Waals surface area contributed by atoms with E-state index in [-0.39, 0.29) is 5.56 Å². The van der Waals surface area contributed by atoms with Crippen molar-refractivity contribution in [2.75, 3.05) is 11.9 Å². The third-order valence-electron chi connectivity index (χ3n) is 5.35. The van der Waals surface area contributed by atoms with Crippen molar-refractivity contribution < 1.29 is 24.2 Å². The third-order valence-corrected chi connectivity index (χ3v) is 5.35. The van der Waals surface area contributed by atoms with Crippen LogP contribution in [0.1, 0.15) is 68.1 Å². The Balaban J connectivity index is 1.73. The summed E-state index contributed by atoms with van der Waals surface area (Å²) in [6.45, 7) is 10.3. The first-order valence-electron chi connectivity index (χ1n) is 12.2. The normalized spacial score (nSPS) is 13.8. The van der Waals surface area contributed by atoms with Gasteiger partial charge in [0.25, 0.3) is 0 Å². The number of hydrogen-bond acceptors (Lipinski definition) is 7. The molecule has 9 nitrogen and oxygen atoms in total. The first-order chi connectivity index (χ1) is 17.6. The van der Waals surface area contributed by atoms with E-state index in [1.54, 1.807) is 57.5 Å². The van der Waals surface area contributed by atoms with E-state index in [4.69, 9.17) is 9.47 Å². The minimum Gasteiger partial charge on any atom is -0.492 e. The number of nitrogens with zero attached hydrogens (tertiary/aromatic N) is 2. The quantitative estimate of drug-likeness (QED) is 0.380. The van der Waals surface area contributed by atoms with Crippen molar-refractivity contribution in [1.29, 1.82) is 0 Å². The molecule has 2 heterocycles. The van der Waals surface area contributed by atoms with Gasteiger partial charge in [0, 0.05) is 36.5 Å². The summed E-state index contributed by atoms with van der Waals surface area (Å²) >= 11 is 0. The van der Waals surface area contributed by atoms with Crippen LogP contribution in [0.4, 0.5) is 10.6 Å². The standard InChI is InChI=1S/C28H34N4O5/c1-6-8-23(32-27(35)37-28(3,4)5)29-13-11-18(2)22-17-31-25(21-12-14-36-24(21)22)30-16-19-9-7-10-20(15-19)26(33)34/h7-11,13,15,17H,6,12,14,16H2,1-5H3,(H,30,31)(H,32,35)(H,33,34)/b18-11+,23-8-,29-13-. The van der Waals surface area contributed by atoms with E-state index in [1.165, 1.54) is 0 Å². The van der Waals surface area contributed by atoms with E-state index in [9.17, 15) is 14.7 Å². The summed E-state index contributed by atoms with van der Waals surface area (Å²) in [5.41, 5.74) is 3.24. The number of aromatic nitrogens is 1. The minimum atomic E-state index is -0.956. The molecule has 0 spiro atoms. The minimum absolute atomic E-state index is 0.247. The molecular formula is C28H34N4O5. The van der Waals surface area contributed by atoms with Gasteiger partial charge < -0.3 is 19.9 Å². The van der Waals surface area contributed by atoms with Gasteiger partial charge in [-0.3, -0.25) is 5.32 Å². The Bertz CT molecular complexity index is 1240. The number of aliphatic imine (C=N–C) groups is 1. The Hall–Kier alpha value is -4.14. The molecule has 0 atom stereocenters. The number of rotatable bonds is 9. The molecule has 1 amide bonds. The summed E-state index contributed by atoms with van der Waals surface area (Å²) in [6, 6.07) is 6.81. The second-order valence-electron chi connectivity index (χ2n) is 9.54. The van der Waals surface area contributed by atoms with Crippen LogP contribution >= 0.6 is 0 Å². The molecule has 3 rings (SSSR count). The molecule has 3 N–H and O–H groups in total. The third kappa shape index (κ3) is 7.93. The van der Waals surface area contributed by atoms with Crippen molar-refractivity contribution in [3.8, 4) is 5.75 Å². The fourth-order valence-corrected chi connectivity index (χ4v) is 3.68. The van der Waals surface area contributed by atoms with Crippen LogP contribution in [-0.4, -0.2) is 40.6 Å². The van der Waals surface area contributed by atoms with E-state index in [2.05, 4.69) is 20.6 Å². The summed E-state index contributed by atoms with van der Waals surface area (Å²) in [5, 5.41) is 15.2. The average Bonchev–Trinajstić information content (AvgIpc) is 3.31. The summed E-state index contributed by atoms with van der Waals surface area (Å²) in [4.78, 5) is 32.3. The van der Waals surface area contributed by atoms with Crippen LogP contribution in [0, 0.1) is 0 Å². The Morgan fingerprint density at radius 2 is 2.08 bits per heavy atom. The average molecular weight is 507 g/mol. The zero-order valence-corrected chi connectivity index (χ0v) is 21.9. The number of carboxylic acid groups (broad SMARTS) is 1. The molecule has 1 aliphatic rings. The lowest BCUT2D eigenvalue weighted by atomic mass is 10.0. The predicted molar refractivity (Wildman–Crippen MR) is 144 cm³/mol. The number of carbonyl (C=O) groups excluding carboxylic acids is 1. The van der Waals surface area contributed by atoms with Gasteiger partial charge in [0.05, 0.1) is 12.2 Å². The van der Waals surface area contributed by atoms with Gasteiger partial charge in [-0.05, 0) is 69.5 Å². The summed E-state index contributed by atoms with van der Waals surface area (Å²) in [5.74, 6) is 0.942. The number of amides is 1. The lowest BCUT2D eigenvalue weighted by Crippen LogP contribution is -2.31. The summed E-state index contributed by atoms with van der Waals surface area (Å²) < 4.78 is 11.2. The summed E-state index contributed by atoms with van der Waals surface area (Å²) in [6.07, 6.45) is 7.88. The highest BCUT2D eigenvalue weighted by atomic mass is 16.6. The van der Waals surface area contributed by atoms with E-state index in [0.29, 0.717) is 31.2 Å². The molecule has 1 aromatic heterocycles. The van der Waals surface area contributed by atoms with Gasteiger partial charge >= 0.3 is 12.1 Å². The van der Waals surface area contributed by atoms with Gasteiger partial charge in [0.1, 0.15) is 23.0 Å². The molecule has 2 aromatic rings. The van der Waals surface area contributed by atoms with Crippen LogP contribution in [-0.2, 0) is 17.7 Å². The van der Waals surface area contributed by atoms with Crippen LogP contribution in [0.5, 0.6) is 5.75 Å². The van der Waals surface area contributed by atoms with Gasteiger partial charge in [-0.1, -0.05) is 19.1 Å². The zero-order chi connectivity index (χ0) is 27.0. The van der Waals surface area contributed by atoms with Crippen molar-refractivity contribution in [2.45, 2.75) is 59.6 Å². The van der Waals surface area contributed by atoms with Crippen LogP contribution in [0.2, 0.25) is 0 Å². The van der Waals surface area contributed by atoms with Crippen molar-refractivity contribution in [2.24, 2.45) is 4.99 Å². The maximum atomic E-state index is 12.1. The van der Waals surface area contributed by atoms with Crippen molar-refractivity contribution in [3.63, 3.8) is 0 Å². The maximum absolute atomic E-state index is 12.1. The number of nitrogens with one attached hydrogen (secondary N) is 2. The SMILES string of the molecule is CC/C=C(/N=C\C=C(/C)c1cnc(NCc2cccc(C(=O)O)c2)c2c1OCC2)NC(=O)OC(C)(C)C. The molecule has 0 radical (unpaired) electrons. The highest BCUT2D eigenvalue weighted by Crippen LogP contribution is 2.37. The fourth-order valence-electron chi connectivity index (χ4n) is 3.68. The molecule has 0 bridgehead atoms. The Labute approximate surface area is 217 Å². The lowest BCUT2D eigenvalue weighted by Gasteiger charge is -2.19. The van der Waals surface area contributed by atoms with Crippen molar-refractivity contribution in [1.82, 2.24) is 10.3 Å². The van der Waals surface area contributed by atoms with Gasteiger partial charge in [0.2, 0.25) is 0 Å². The number of anilines is 1. The number of allylic oxidation sites excluding steroid dienone is 3. The second kappa shape index (κ2) is 12.2. The number of alkyl carbamates (subject to hydrolysis) is 1. The Morgan fingerprint density at radius 1 is 1.30 bits per heavy atom. The molecule has 196 valence electrons. The van der Waals surface area contributed by atoms with E-state index in [1.807, 2.05) is 26.0 Å². The topological polar surface area (TPSA) is 122 Å². The van der Waals surface area contributed by atoms with Gasteiger partial charge in [-0.25, -0.2) is 19.6 Å². The number of pyridine rings is 1. The first kappa shape index (κ1) is 27.4. The van der Waals surface area contributed by atoms with Crippen LogP contribution in [0.3, 0.4) is 0 Å². The van der Waals surface area contributed by atoms with E-state index in [0.717, 1.165) is 34.4 Å². The molecule has 1 aromatic carbocycles. The Morgan fingerprint density at radius 3 is 2.78 bits per heavy atom. The predicted octanol–water partition coefficient (Wildman–Crippen LogP) is 5.58. The zero-order valence-electron chi connectivity index (χ0n) is 21.9. The molecule has 0 unspecified atom stereocenters. The lowest BCUT2D eigenvalue weighted by molar-refractivity contribution is 0.0544. The van der Waals surface area contributed by atoms with E-state index < -0.39 is 17.7 Å². The van der Waals surface area contributed by atoms with Gasteiger partial charge in [-0.15, -0.1) is 0 Å². The molecule has 0 fully saturated rings. The Kier molecular flexibility index (Phi) is 9.05. The fraction of sp³-hybridized carbons (Fsp3) is 0.357. The van der Waals surface area contributed by atoms with Crippen molar-refractivity contribution in [3.05, 3.63) is 70.7 Å². The molecule has 9 heteroatoms. The van der Waals surface area contributed by atoms with Gasteiger partial charge in [0.15, 0.2) is 0 Å². The largest absolute Gasteiger partial charge is 0.492 e. The number of fused-ring (bicyclic) bond motifs is 1. The van der Waals surface area contributed by atoms with Crippen LogP contribution < -0.4 is 15.4 Å². The molecule has 1 aliphatic heterocycles. The number of aromatic carboxylic acids is 1. The number of benzene rings is 1. The molecular weight excluding hydrogens is 472 g/mol. The number of carbonyl (C=O) groups is 2. The number of ether oxygens (including phenoxy) is 2. The molecule has 0 saturated carbocycles. The van der Waals surface area contributed by atoms with E-state index >= 15 is 0 Å². The summed E-state index contributed by atoms with van der Waals surface area (Å²) in [7, 11) is 0. The smallest absolute Gasteiger partial charge is 0.413 e. The van der Waals surface area contributed by atoms with Crippen molar-refractivity contribution >= 4 is 29.7 Å². The number of hydrogen-bond donors (Lipinski definition) is 3.